The molecule has 0 aromatic carbocycles. The first-order valence-corrected chi connectivity index (χ1v) is 5.27. The largest absolute Gasteiger partial charge is 0.394 e. The van der Waals surface area contributed by atoms with Crippen LogP contribution in [0.2, 0.25) is 0 Å². The Labute approximate surface area is 100 Å². The van der Waals surface area contributed by atoms with Crippen molar-refractivity contribution in [2.24, 2.45) is 0 Å². The monoisotopic (exact) mass is 259 g/mol. The van der Waals surface area contributed by atoms with Gasteiger partial charge in [0.1, 0.15) is 18.1 Å². The Morgan fingerprint density at radius 2 is 2.28 bits per heavy atom. The molecule has 3 atom stereocenters. The summed E-state index contributed by atoms with van der Waals surface area (Å²) in [7, 11) is 0. The van der Waals surface area contributed by atoms with Crippen LogP contribution in [0.25, 0.3) is 0 Å². The second-order valence-electron chi connectivity index (χ2n) is 3.92. The SMILES string of the molecule is O=c1cc(NO)n([C@@H]2CC(O)[C@H](CO)O2)c(=O)[nH]1. The number of aromatic amines is 1. The number of hydrogen-bond acceptors (Lipinski definition) is 7. The van der Waals surface area contributed by atoms with E-state index in [9.17, 15) is 14.7 Å². The predicted molar refractivity (Wildman–Crippen MR) is 58.4 cm³/mol. The summed E-state index contributed by atoms with van der Waals surface area (Å²) in [6.07, 6.45) is -2.55. The lowest BCUT2D eigenvalue weighted by atomic mass is 10.2. The lowest BCUT2D eigenvalue weighted by molar-refractivity contribution is -0.0454. The third-order valence-electron chi connectivity index (χ3n) is 2.76. The zero-order valence-electron chi connectivity index (χ0n) is 9.24. The quantitative estimate of drug-likeness (QED) is 0.395. The standard InChI is InChI=1S/C9H13N3O6/c13-3-5-4(14)1-8(18-5)12-6(11-17)2-7(15)10-9(12)16/h2,4-5,8,11,13-14,17H,1,3H2,(H,10,15,16)/t4?,5-,8-/m0/s1. The smallest absolute Gasteiger partial charge is 0.332 e. The first kappa shape index (κ1) is 12.8. The Kier molecular flexibility index (Phi) is 3.48. The van der Waals surface area contributed by atoms with Gasteiger partial charge >= 0.3 is 5.69 Å². The lowest BCUT2D eigenvalue weighted by Gasteiger charge is -2.17. The number of nitrogens with one attached hydrogen (secondary N) is 2. The van der Waals surface area contributed by atoms with Crippen molar-refractivity contribution in [3.05, 3.63) is 26.9 Å². The van der Waals surface area contributed by atoms with Gasteiger partial charge in [-0.1, -0.05) is 0 Å². The Hall–Kier alpha value is -1.68. The highest BCUT2D eigenvalue weighted by atomic mass is 16.5. The molecule has 5 N–H and O–H groups in total. The molecule has 1 aromatic rings. The highest BCUT2D eigenvalue weighted by Gasteiger charge is 2.35. The molecule has 1 aromatic heterocycles. The van der Waals surface area contributed by atoms with Gasteiger partial charge in [-0.2, -0.15) is 0 Å². The van der Waals surface area contributed by atoms with E-state index < -0.39 is 36.3 Å². The summed E-state index contributed by atoms with van der Waals surface area (Å²) >= 11 is 0. The number of rotatable bonds is 3. The van der Waals surface area contributed by atoms with Gasteiger partial charge in [-0.05, 0) is 0 Å². The maximum Gasteiger partial charge on any atom is 0.332 e. The van der Waals surface area contributed by atoms with Crippen LogP contribution < -0.4 is 16.7 Å². The number of ether oxygens (including phenoxy) is 1. The molecular weight excluding hydrogens is 246 g/mol. The number of aliphatic hydroxyl groups excluding tert-OH is 2. The highest BCUT2D eigenvalue weighted by Crippen LogP contribution is 2.28. The maximum absolute atomic E-state index is 11.6. The van der Waals surface area contributed by atoms with Gasteiger partial charge in [-0.3, -0.25) is 25.0 Å². The van der Waals surface area contributed by atoms with Crippen LogP contribution in [0.4, 0.5) is 5.82 Å². The molecule has 1 fully saturated rings. The Balaban J connectivity index is 2.40. The number of H-pyrrole nitrogens is 1. The number of nitrogens with zero attached hydrogens (tertiary/aromatic N) is 1. The van der Waals surface area contributed by atoms with Crippen molar-refractivity contribution in [2.75, 3.05) is 12.1 Å². The molecule has 1 aliphatic rings. The fraction of sp³-hybridized carbons (Fsp3) is 0.556. The van der Waals surface area contributed by atoms with Crippen LogP contribution in [-0.2, 0) is 4.74 Å². The molecule has 0 amide bonds. The van der Waals surface area contributed by atoms with Crippen molar-refractivity contribution in [3.63, 3.8) is 0 Å². The molecule has 1 unspecified atom stereocenters. The van der Waals surface area contributed by atoms with E-state index in [1.165, 1.54) is 0 Å². The van der Waals surface area contributed by atoms with E-state index in [-0.39, 0.29) is 12.2 Å². The zero-order chi connectivity index (χ0) is 13.3. The topological polar surface area (TPSA) is 137 Å². The molecule has 100 valence electrons. The number of hydrogen-bond donors (Lipinski definition) is 5. The second kappa shape index (κ2) is 4.90. The van der Waals surface area contributed by atoms with Crippen molar-refractivity contribution in [1.29, 1.82) is 0 Å². The predicted octanol–water partition coefficient (Wildman–Crippen LogP) is -2.02. The van der Waals surface area contributed by atoms with Gasteiger partial charge in [0, 0.05) is 12.5 Å². The molecular formula is C9H13N3O6. The van der Waals surface area contributed by atoms with Crippen LogP contribution in [0, 0.1) is 0 Å². The molecule has 0 spiro atoms. The Morgan fingerprint density at radius 3 is 2.83 bits per heavy atom. The molecule has 1 saturated heterocycles. The molecule has 0 saturated carbocycles. The van der Waals surface area contributed by atoms with Crippen molar-refractivity contribution >= 4 is 5.82 Å². The maximum atomic E-state index is 11.6. The second-order valence-corrected chi connectivity index (χ2v) is 3.92. The van der Waals surface area contributed by atoms with Gasteiger partial charge in [0.2, 0.25) is 0 Å². The zero-order valence-corrected chi connectivity index (χ0v) is 9.24. The van der Waals surface area contributed by atoms with Crippen LogP contribution >= 0.6 is 0 Å². The summed E-state index contributed by atoms with van der Waals surface area (Å²) < 4.78 is 6.22. The summed E-state index contributed by atoms with van der Waals surface area (Å²) in [4.78, 5) is 24.7. The van der Waals surface area contributed by atoms with Crippen LogP contribution in [-0.4, -0.2) is 43.8 Å². The van der Waals surface area contributed by atoms with Crippen molar-refractivity contribution in [1.82, 2.24) is 9.55 Å². The van der Waals surface area contributed by atoms with E-state index in [1.54, 1.807) is 5.48 Å². The van der Waals surface area contributed by atoms with Gasteiger partial charge in [0.25, 0.3) is 5.56 Å². The van der Waals surface area contributed by atoms with Crippen molar-refractivity contribution in [2.45, 2.75) is 24.9 Å². The Morgan fingerprint density at radius 1 is 1.56 bits per heavy atom. The molecule has 1 aliphatic heterocycles. The first-order chi connectivity index (χ1) is 8.56. The van der Waals surface area contributed by atoms with Crippen LogP contribution in [0.5, 0.6) is 0 Å². The summed E-state index contributed by atoms with van der Waals surface area (Å²) in [5, 5.41) is 27.4. The fourth-order valence-corrected chi connectivity index (χ4v) is 1.91. The average Bonchev–Trinajstić information content (AvgIpc) is 2.68. The van der Waals surface area contributed by atoms with E-state index in [2.05, 4.69) is 0 Å². The third-order valence-corrected chi connectivity index (χ3v) is 2.76. The minimum absolute atomic E-state index is 0.0614. The summed E-state index contributed by atoms with van der Waals surface area (Å²) in [6, 6.07) is 0.976. The third kappa shape index (κ3) is 2.16. The number of aliphatic hydroxyl groups is 2. The normalized spacial score (nSPS) is 27.4. The van der Waals surface area contributed by atoms with E-state index in [1.807, 2.05) is 4.98 Å². The molecule has 0 radical (unpaired) electrons. The van der Waals surface area contributed by atoms with E-state index >= 15 is 0 Å². The van der Waals surface area contributed by atoms with Crippen LogP contribution in [0.3, 0.4) is 0 Å². The van der Waals surface area contributed by atoms with Gasteiger partial charge in [-0.15, -0.1) is 0 Å². The summed E-state index contributed by atoms with van der Waals surface area (Å²) in [6.45, 7) is -0.391. The molecule has 0 bridgehead atoms. The number of aromatic nitrogens is 2. The van der Waals surface area contributed by atoms with Gasteiger partial charge in [-0.25, -0.2) is 4.79 Å². The molecule has 0 aliphatic carbocycles. The van der Waals surface area contributed by atoms with E-state index in [0.717, 1.165) is 10.6 Å². The first-order valence-electron chi connectivity index (χ1n) is 5.27. The van der Waals surface area contributed by atoms with Gasteiger partial charge in [0.05, 0.1) is 12.7 Å². The summed E-state index contributed by atoms with van der Waals surface area (Å²) in [5.74, 6) is -0.153. The minimum atomic E-state index is -0.926. The van der Waals surface area contributed by atoms with Crippen molar-refractivity contribution < 1.29 is 20.2 Å². The van der Waals surface area contributed by atoms with Gasteiger partial charge < -0.3 is 14.9 Å². The minimum Gasteiger partial charge on any atom is -0.394 e. The van der Waals surface area contributed by atoms with E-state index in [0.29, 0.717) is 0 Å². The van der Waals surface area contributed by atoms with Crippen LogP contribution in [0.1, 0.15) is 12.6 Å². The molecule has 9 heteroatoms. The highest BCUT2D eigenvalue weighted by molar-refractivity contribution is 5.31. The molecule has 18 heavy (non-hydrogen) atoms. The molecule has 2 heterocycles. The lowest BCUT2D eigenvalue weighted by Crippen LogP contribution is -2.34. The van der Waals surface area contributed by atoms with E-state index in [4.69, 9.17) is 15.1 Å². The van der Waals surface area contributed by atoms with Gasteiger partial charge in [0.15, 0.2) is 0 Å². The molecule has 2 rings (SSSR count). The average molecular weight is 259 g/mol. The summed E-state index contributed by atoms with van der Waals surface area (Å²) in [5.41, 5.74) is 0.262. The Bertz CT molecular complexity index is 538. The number of anilines is 1. The fourth-order valence-electron chi connectivity index (χ4n) is 1.91. The molecule has 9 nitrogen and oxygen atoms in total. The van der Waals surface area contributed by atoms with Crippen LogP contribution in [0.15, 0.2) is 15.7 Å². The van der Waals surface area contributed by atoms with Crippen molar-refractivity contribution in [3.8, 4) is 0 Å².